The number of fused-ring (bicyclic) bond motifs is 1. The molecule has 148 valence electrons. The molecule has 3 rings (SSSR count). The molecular formula is C17H27N5O4Si. The molecule has 1 aliphatic rings. The highest BCUT2D eigenvalue weighted by atomic mass is 28.2. The summed E-state index contributed by atoms with van der Waals surface area (Å²) in [5.74, 6) is 1.28. The Bertz CT molecular complexity index is 763. The van der Waals surface area contributed by atoms with Crippen molar-refractivity contribution in [2.45, 2.75) is 57.8 Å². The zero-order valence-corrected chi connectivity index (χ0v) is 17.0. The summed E-state index contributed by atoms with van der Waals surface area (Å²) in [5, 5.41) is 20.9. The van der Waals surface area contributed by atoms with Gasteiger partial charge in [0.2, 0.25) is 9.76 Å². The van der Waals surface area contributed by atoms with Crippen molar-refractivity contribution in [3.63, 3.8) is 0 Å². The first-order valence-electron chi connectivity index (χ1n) is 9.13. The van der Waals surface area contributed by atoms with E-state index in [0.717, 1.165) is 0 Å². The SMILES string of the molecule is CC(C)C([Si]OC[C@H]1OC(n2cnc3c(N)ncnc32)[C@@H](O)[C@@H]1O)C(C)C. The molecule has 0 saturated carbocycles. The van der Waals surface area contributed by atoms with Gasteiger partial charge in [0.25, 0.3) is 0 Å². The molecule has 9 nitrogen and oxygen atoms in total. The molecule has 1 saturated heterocycles. The normalized spacial score (nSPS) is 26.1. The number of ether oxygens (including phenoxy) is 1. The van der Waals surface area contributed by atoms with Crippen molar-refractivity contribution < 1.29 is 19.4 Å². The maximum atomic E-state index is 10.5. The van der Waals surface area contributed by atoms with E-state index in [1.165, 1.54) is 12.7 Å². The molecule has 4 N–H and O–H groups in total. The number of nitrogens with two attached hydrogens (primary N) is 1. The van der Waals surface area contributed by atoms with Crippen LogP contribution in [-0.4, -0.2) is 64.4 Å². The molecule has 4 atom stereocenters. The van der Waals surface area contributed by atoms with Crippen LogP contribution in [0.4, 0.5) is 5.82 Å². The summed E-state index contributed by atoms with van der Waals surface area (Å²) in [6.07, 6.45) is -0.826. The maximum Gasteiger partial charge on any atom is 0.233 e. The standard InChI is InChI=1S/C17H27N5O4Si/c1-8(2)14(9(3)4)27-25-5-10-12(23)13(24)17(26-10)22-7-21-11-15(18)19-6-20-16(11)22/h6-10,12-14,17,23-24H,5H2,1-4H3,(H2,18,19,20)/t10-,12-,13+,17?/m1/s1. The van der Waals surface area contributed by atoms with Gasteiger partial charge in [0, 0.05) is 0 Å². The summed E-state index contributed by atoms with van der Waals surface area (Å²) in [7, 11) is 0.311. The maximum absolute atomic E-state index is 10.5. The topological polar surface area (TPSA) is 129 Å². The predicted octanol–water partition coefficient (Wildman–Crippen LogP) is 0.764. The minimum atomic E-state index is -1.12. The summed E-state index contributed by atoms with van der Waals surface area (Å²) < 4.78 is 13.3. The first-order valence-corrected chi connectivity index (χ1v) is 10.1. The smallest absolute Gasteiger partial charge is 0.233 e. The fourth-order valence-electron chi connectivity index (χ4n) is 3.42. The second-order valence-corrected chi connectivity index (χ2v) is 8.76. The van der Waals surface area contributed by atoms with Crippen LogP contribution in [0.15, 0.2) is 12.7 Å². The Morgan fingerprint density at radius 2 is 1.89 bits per heavy atom. The van der Waals surface area contributed by atoms with Crippen LogP contribution >= 0.6 is 0 Å². The lowest BCUT2D eigenvalue weighted by atomic mass is 10.00. The third-order valence-electron chi connectivity index (χ3n) is 4.90. The Morgan fingerprint density at radius 1 is 1.19 bits per heavy atom. The zero-order chi connectivity index (χ0) is 19.7. The molecule has 10 heteroatoms. The number of imidazole rings is 1. The van der Waals surface area contributed by atoms with Crippen LogP contribution in [0.1, 0.15) is 33.9 Å². The van der Waals surface area contributed by atoms with Crippen molar-refractivity contribution in [2.24, 2.45) is 11.8 Å². The highest BCUT2D eigenvalue weighted by Crippen LogP contribution is 2.32. The van der Waals surface area contributed by atoms with Gasteiger partial charge in [-0.3, -0.25) is 4.57 Å². The minimum absolute atomic E-state index is 0.215. The number of hydrogen-bond donors (Lipinski definition) is 3. The number of rotatable bonds is 7. The van der Waals surface area contributed by atoms with Gasteiger partial charge >= 0.3 is 0 Å². The molecule has 27 heavy (non-hydrogen) atoms. The van der Waals surface area contributed by atoms with Crippen LogP contribution in [0.5, 0.6) is 0 Å². The van der Waals surface area contributed by atoms with E-state index in [-0.39, 0.29) is 12.4 Å². The number of hydrogen-bond acceptors (Lipinski definition) is 8. The molecule has 1 aliphatic heterocycles. The van der Waals surface area contributed by atoms with Gasteiger partial charge in [-0.25, -0.2) is 15.0 Å². The molecule has 2 aromatic rings. The number of anilines is 1. The molecule has 0 aromatic carbocycles. The molecule has 0 amide bonds. The van der Waals surface area contributed by atoms with Crippen LogP contribution in [0.2, 0.25) is 5.54 Å². The Hall–Kier alpha value is -1.59. The Kier molecular flexibility index (Phi) is 6.11. The summed E-state index contributed by atoms with van der Waals surface area (Å²) in [6, 6.07) is 0. The van der Waals surface area contributed by atoms with E-state index < -0.39 is 24.5 Å². The minimum Gasteiger partial charge on any atom is -0.414 e. The van der Waals surface area contributed by atoms with E-state index in [9.17, 15) is 10.2 Å². The largest absolute Gasteiger partial charge is 0.414 e. The van der Waals surface area contributed by atoms with E-state index in [2.05, 4.69) is 42.6 Å². The Morgan fingerprint density at radius 3 is 2.56 bits per heavy atom. The molecular weight excluding hydrogens is 366 g/mol. The monoisotopic (exact) mass is 393 g/mol. The number of nitrogens with zero attached hydrogens (tertiary/aromatic N) is 4. The van der Waals surface area contributed by atoms with Crippen LogP contribution in [0.25, 0.3) is 11.2 Å². The average molecular weight is 394 g/mol. The van der Waals surface area contributed by atoms with E-state index in [1.807, 2.05) is 0 Å². The van der Waals surface area contributed by atoms with Crippen LogP contribution < -0.4 is 5.73 Å². The first kappa shape index (κ1) is 20.1. The molecule has 2 aromatic heterocycles. The quantitative estimate of drug-likeness (QED) is 0.588. The van der Waals surface area contributed by atoms with Crippen molar-refractivity contribution >= 4 is 26.7 Å². The molecule has 2 radical (unpaired) electrons. The molecule has 0 aliphatic carbocycles. The molecule has 1 unspecified atom stereocenters. The van der Waals surface area contributed by atoms with Gasteiger partial charge in [0.05, 0.1) is 12.9 Å². The van der Waals surface area contributed by atoms with Crippen molar-refractivity contribution in [3.8, 4) is 0 Å². The predicted molar refractivity (Wildman–Crippen MR) is 101 cm³/mol. The van der Waals surface area contributed by atoms with Crippen molar-refractivity contribution in [1.82, 2.24) is 19.5 Å². The van der Waals surface area contributed by atoms with Crippen LogP contribution in [0.3, 0.4) is 0 Å². The van der Waals surface area contributed by atoms with Crippen molar-refractivity contribution in [2.75, 3.05) is 12.3 Å². The van der Waals surface area contributed by atoms with Crippen LogP contribution in [-0.2, 0) is 9.16 Å². The van der Waals surface area contributed by atoms with Gasteiger partial charge < -0.3 is 25.1 Å². The van der Waals surface area contributed by atoms with Crippen molar-refractivity contribution in [1.29, 1.82) is 0 Å². The van der Waals surface area contributed by atoms with E-state index in [1.54, 1.807) is 4.57 Å². The highest BCUT2D eigenvalue weighted by molar-refractivity contribution is 6.29. The summed E-state index contributed by atoms with van der Waals surface area (Å²) in [6.45, 7) is 8.94. The van der Waals surface area contributed by atoms with Crippen molar-refractivity contribution in [3.05, 3.63) is 12.7 Å². The lowest BCUT2D eigenvalue weighted by molar-refractivity contribution is -0.0476. The molecule has 0 spiro atoms. The van der Waals surface area contributed by atoms with Gasteiger partial charge in [-0.2, -0.15) is 0 Å². The average Bonchev–Trinajstić information content (AvgIpc) is 3.15. The Balaban J connectivity index is 1.68. The number of aliphatic hydroxyl groups excluding tert-OH is 2. The zero-order valence-electron chi connectivity index (χ0n) is 16.0. The van der Waals surface area contributed by atoms with Gasteiger partial charge in [0.1, 0.15) is 30.2 Å². The molecule has 0 bridgehead atoms. The van der Waals surface area contributed by atoms with Gasteiger partial charge in [-0.1, -0.05) is 27.7 Å². The third kappa shape index (κ3) is 3.99. The fourth-order valence-corrected chi connectivity index (χ4v) is 4.42. The summed E-state index contributed by atoms with van der Waals surface area (Å²) in [4.78, 5) is 12.2. The summed E-state index contributed by atoms with van der Waals surface area (Å²) >= 11 is 0. The van der Waals surface area contributed by atoms with Gasteiger partial charge in [-0.05, 0) is 17.4 Å². The highest BCUT2D eigenvalue weighted by Gasteiger charge is 2.44. The number of nitrogen functional groups attached to an aromatic ring is 1. The second kappa shape index (κ2) is 8.19. The Labute approximate surface area is 160 Å². The lowest BCUT2D eigenvalue weighted by Gasteiger charge is -2.24. The third-order valence-corrected chi connectivity index (χ3v) is 6.84. The fraction of sp³-hybridized carbons (Fsp3) is 0.706. The first-order chi connectivity index (χ1) is 12.8. The second-order valence-electron chi connectivity index (χ2n) is 7.57. The molecule has 1 fully saturated rings. The lowest BCUT2D eigenvalue weighted by Crippen LogP contribution is -2.34. The van der Waals surface area contributed by atoms with E-state index >= 15 is 0 Å². The van der Waals surface area contributed by atoms with Gasteiger partial charge in [0.15, 0.2) is 17.7 Å². The number of aromatic nitrogens is 4. The van der Waals surface area contributed by atoms with E-state index in [4.69, 9.17) is 14.9 Å². The van der Waals surface area contributed by atoms with Gasteiger partial charge in [-0.15, -0.1) is 0 Å². The summed E-state index contributed by atoms with van der Waals surface area (Å²) in [5.41, 5.74) is 7.12. The van der Waals surface area contributed by atoms with Crippen LogP contribution in [0, 0.1) is 11.8 Å². The molecule has 3 heterocycles. The van der Waals surface area contributed by atoms with E-state index in [0.29, 0.717) is 38.3 Å². The number of aliphatic hydroxyl groups is 2.